The summed E-state index contributed by atoms with van der Waals surface area (Å²) in [6, 6.07) is 5.40. The van der Waals surface area contributed by atoms with E-state index in [0.717, 1.165) is 42.9 Å². The molecule has 1 amide bonds. The highest BCUT2D eigenvalue weighted by Gasteiger charge is 2.26. The van der Waals surface area contributed by atoms with Crippen molar-refractivity contribution in [1.29, 1.82) is 0 Å². The Morgan fingerprint density at radius 1 is 1.30 bits per heavy atom. The summed E-state index contributed by atoms with van der Waals surface area (Å²) < 4.78 is 18.4. The van der Waals surface area contributed by atoms with Crippen molar-refractivity contribution < 1.29 is 19.0 Å². The lowest BCUT2D eigenvalue weighted by atomic mass is 9.92. The van der Waals surface area contributed by atoms with Crippen LogP contribution in [-0.4, -0.2) is 34.6 Å². The minimum atomic E-state index is -0.389. The number of nitrogens with one attached hydrogen (secondary N) is 1. The van der Waals surface area contributed by atoms with Gasteiger partial charge in [0.2, 0.25) is 12.7 Å². The molecule has 7 nitrogen and oxygen atoms in total. The first-order valence-electron chi connectivity index (χ1n) is 9.15. The van der Waals surface area contributed by atoms with E-state index in [1.807, 2.05) is 25.1 Å². The van der Waals surface area contributed by atoms with Gasteiger partial charge in [0.1, 0.15) is 11.8 Å². The Hall–Kier alpha value is -2.41. The van der Waals surface area contributed by atoms with Crippen LogP contribution in [-0.2, 0) is 4.79 Å². The fraction of sp³-hybridized carbons (Fsp3) is 0.474. The summed E-state index contributed by atoms with van der Waals surface area (Å²) in [7, 11) is 0. The molecular formula is C19H22ClN3O4. The highest BCUT2D eigenvalue weighted by Crippen LogP contribution is 2.36. The second-order valence-electron chi connectivity index (χ2n) is 6.93. The molecule has 0 bridgehead atoms. The maximum Gasteiger partial charge on any atom is 0.244 e. The van der Waals surface area contributed by atoms with Gasteiger partial charge in [-0.15, -0.1) is 0 Å². The summed E-state index contributed by atoms with van der Waals surface area (Å²) >= 11 is 5.87. The quantitative estimate of drug-likeness (QED) is 0.846. The van der Waals surface area contributed by atoms with Gasteiger partial charge in [0.25, 0.3) is 0 Å². The number of ether oxygens (including phenoxy) is 3. The van der Waals surface area contributed by atoms with Crippen LogP contribution in [0.3, 0.4) is 0 Å². The highest BCUT2D eigenvalue weighted by molar-refractivity contribution is 6.30. The molecule has 1 unspecified atom stereocenters. The number of amides is 1. The normalized spacial score (nSPS) is 22.3. The third kappa shape index (κ3) is 4.13. The first kappa shape index (κ1) is 18.0. The smallest absolute Gasteiger partial charge is 0.244 e. The monoisotopic (exact) mass is 391 g/mol. The zero-order valence-electron chi connectivity index (χ0n) is 15.1. The molecule has 1 N–H and O–H groups in total. The molecule has 1 aromatic heterocycles. The lowest BCUT2D eigenvalue weighted by Crippen LogP contribution is -2.42. The number of carbonyl (C=O) groups is 1. The Morgan fingerprint density at radius 2 is 2.07 bits per heavy atom. The summed E-state index contributed by atoms with van der Waals surface area (Å²) in [5, 5.41) is 7.73. The average Bonchev–Trinajstić information content (AvgIpc) is 3.31. The van der Waals surface area contributed by atoms with Crippen molar-refractivity contribution in [1.82, 2.24) is 15.1 Å². The fourth-order valence-electron chi connectivity index (χ4n) is 3.44. The van der Waals surface area contributed by atoms with Crippen molar-refractivity contribution in [3.05, 3.63) is 35.6 Å². The van der Waals surface area contributed by atoms with Crippen LogP contribution in [0.25, 0.3) is 0 Å². The second-order valence-corrected chi connectivity index (χ2v) is 7.37. The van der Waals surface area contributed by atoms with E-state index in [9.17, 15) is 4.79 Å². The van der Waals surface area contributed by atoms with Crippen molar-refractivity contribution in [2.24, 2.45) is 0 Å². The number of carbonyl (C=O) groups excluding carboxylic acids is 1. The van der Waals surface area contributed by atoms with E-state index in [2.05, 4.69) is 10.4 Å². The lowest BCUT2D eigenvalue weighted by Gasteiger charge is -2.30. The number of hydrogen-bond acceptors (Lipinski definition) is 5. The third-order valence-electron chi connectivity index (χ3n) is 5.01. The lowest BCUT2D eigenvalue weighted by molar-refractivity contribution is -0.125. The van der Waals surface area contributed by atoms with E-state index >= 15 is 0 Å². The number of benzene rings is 1. The van der Waals surface area contributed by atoms with Crippen LogP contribution in [0.2, 0.25) is 5.02 Å². The van der Waals surface area contributed by atoms with Crippen molar-refractivity contribution in [3.8, 4) is 17.2 Å². The molecule has 1 saturated carbocycles. The molecule has 4 rings (SSSR count). The van der Waals surface area contributed by atoms with E-state index in [4.69, 9.17) is 25.8 Å². The molecule has 1 aliphatic heterocycles. The number of nitrogens with zero attached hydrogens (tertiary/aromatic N) is 2. The van der Waals surface area contributed by atoms with E-state index in [1.54, 1.807) is 10.9 Å². The second kappa shape index (κ2) is 7.68. The number of rotatable bonds is 5. The Labute approximate surface area is 162 Å². The molecule has 2 aromatic rings. The number of fused-ring (bicyclic) bond motifs is 1. The van der Waals surface area contributed by atoms with Crippen LogP contribution >= 0.6 is 11.6 Å². The summed E-state index contributed by atoms with van der Waals surface area (Å²) in [5.41, 5.74) is 0. The molecule has 2 heterocycles. The first-order chi connectivity index (χ1) is 13.1. The maximum absolute atomic E-state index is 12.4. The van der Waals surface area contributed by atoms with Crippen molar-refractivity contribution in [3.63, 3.8) is 0 Å². The van der Waals surface area contributed by atoms with Crippen LogP contribution in [0.15, 0.2) is 30.6 Å². The molecule has 1 fully saturated rings. The van der Waals surface area contributed by atoms with E-state index in [-0.39, 0.29) is 30.9 Å². The van der Waals surface area contributed by atoms with Crippen LogP contribution < -0.4 is 19.5 Å². The zero-order valence-corrected chi connectivity index (χ0v) is 15.8. The Morgan fingerprint density at radius 3 is 2.81 bits per heavy atom. The molecule has 1 aliphatic carbocycles. The fourth-order valence-corrected chi connectivity index (χ4v) is 3.58. The van der Waals surface area contributed by atoms with E-state index in [0.29, 0.717) is 5.02 Å². The van der Waals surface area contributed by atoms with Gasteiger partial charge >= 0.3 is 0 Å². The summed E-state index contributed by atoms with van der Waals surface area (Å²) in [4.78, 5) is 12.4. The van der Waals surface area contributed by atoms with Gasteiger partial charge in [0, 0.05) is 18.3 Å². The van der Waals surface area contributed by atoms with Crippen LogP contribution in [0.4, 0.5) is 0 Å². The molecule has 8 heteroatoms. The average molecular weight is 392 g/mol. The number of hydrogen-bond donors (Lipinski definition) is 1. The predicted octanol–water partition coefficient (Wildman–Crippen LogP) is 3.33. The molecule has 1 aromatic carbocycles. The van der Waals surface area contributed by atoms with Gasteiger partial charge in [-0.2, -0.15) is 5.10 Å². The van der Waals surface area contributed by atoms with Gasteiger partial charge in [-0.3, -0.25) is 9.48 Å². The summed E-state index contributed by atoms with van der Waals surface area (Å²) in [5.74, 6) is 2.22. The predicted molar refractivity (Wildman–Crippen MR) is 99.3 cm³/mol. The first-order valence-corrected chi connectivity index (χ1v) is 9.52. The largest absolute Gasteiger partial charge is 0.490 e. The van der Waals surface area contributed by atoms with Crippen molar-refractivity contribution in [2.75, 3.05) is 6.79 Å². The SMILES string of the molecule is CC(C(=O)NC1CCC(Oc2ccc3c(c2)OCO3)CC1)n1cc(Cl)cn1. The summed E-state index contributed by atoms with van der Waals surface area (Å²) in [6.07, 6.45) is 6.87. The molecule has 144 valence electrons. The maximum atomic E-state index is 12.4. The van der Waals surface area contributed by atoms with Crippen LogP contribution in [0, 0.1) is 0 Å². The Balaban J connectivity index is 1.26. The molecule has 0 saturated heterocycles. The molecule has 2 aliphatic rings. The number of aromatic nitrogens is 2. The third-order valence-corrected chi connectivity index (χ3v) is 5.21. The Bertz CT molecular complexity index is 817. The highest BCUT2D eigenvalue weighted by atomic mass is 35.5. The topological polar surface area (TPSA) is 74.6 Å². The summed E-state index contributed by atoms with van der Waals surface area (Å²) in [6.45, 7) is 2.07. The molecule has 1 atom stereocenters. The van der Waals surface area contributed by atoms with Crippen LogP contribution in [0.5, 0.6) is 17.2 Å². The van der Waals surface area contributed by atoms with Crippen molar-refractivity contribution in [2.45, 2.75) is 50.8 Å². The Kier molecular flexibility index (Phi) is 5.11. The van der Waals surface area contributed by atoms with Gasteiger partial charge in [-0.1, -0.05) is 11.6 Å². The molecule has 0 spiro atoms. The standard InChI is InChI=1S/C19H22ClN3O4/c1-12(23-10-13(20)9-21-23)19(24)22-14-2-4-15(5-3-14)27-16-6-7-17-18(8-16)26-11-25-17/h6-10,12,14-15H,2-5,11H2,1H3,(H,22,24). The zero-order chi connectivity index (χ0) is 18.8. The van der Waals surface area contributed by atoms with Gasteiger partial charge in [0.05, 0.1) is 17.3 Å². The van der Waals surface area contributed by atoms with Gasteiger partial charge in [0.15, 0.2) is 11.5 Å². The minimum absolute atomic E-state index is 0.0464. The number of halogens is 1. The molecule has 0 radical (unpaired) electrons. The van der Waals surface area contributed by atoms with Gasteiger partial charge < -0.3 is 19.5 Å². The van der Waals surface area contributed by atoms with E-state index < -0.39 is 0 Å². The molecule has 27 heavy (non-hydrogen) atoms. The minimum Gasteiger partial charge on any atom is -0.490 e. The molecular weight excluding hydrogens is 370 g/mol. The van der Waals surface area contributed by atoms with Gasteiger partial charge in [-0.25, -0.2) is 0 Å². The van der Waals surface area contributed by atoms with E-state index in [1.165, 1.54) is 6.20 Å². The van der Waals surface area contributed by atoms with Gasteiger partial charge in [-0.05, 0) is 44.7 Å². The van der Waals surface area contributed by atoms with Crippen molar-refractivity contribution >= 4 is 17.5 Å². The van der Waals surface area contributed by atoms with Crippen LogP contribution in [0.1, 0.15) is 38.6 Å².